The van der Waals surface area contributed by atoms with Gasteiger partial charge in [0.25, 0.3) is 5.91 Å². The van der Waals surface area contributed by atoms with Gasteiger partial charge in [-0.1, -0.05) is 13.3 Å². The molecule has 0 atom stereocenters. The van der Waals surface area contributed by atoms with E-state index in [4.69, 9.17) is 0 Å². The molecule has 8 heteroatoms. The fraction of sp³-hybridized carbons (Fsp3) is 0.444. The van der Waals surface area contributed by atoms with Crippen LogP contribution in [0.5, 0.6) is 0 Å². The topological polar surface area (TPSA) is 88.2 Å². The van der Waals surface area contributed by atoms with Crippen molar-refractivity contribution in [3.63, 3.8) is 0 Å². The van der Waals surface area contributed by atoms with Gasteiger partial charge in [-0.15, -0.1) is 11.3 Å². The number of thiazole rings is 1. The summed E-state index contributed by atoms with van der Waals surface area (Å²) in [6.07, 6.45) is 4.81. The zero-order chi connectivity index (χ0) is 18.7. The lowest BCUT2D eigenvalue weighted by molar-refractivity contribution is 0.103. The van der Waals surface area contributed by atoms with Crippen LogP contribution in [0, 0.1) is 6.92 Å². The minimum absolute atomic E-state index is 0.0654. The molecule has 1 aliphatic carbocycles. The number of hydrogen-bond acceptors (Lipinski definition) is 5. The lowest BCUT2D eigenvalue weighted by atomic mass is 10.2. The van der Waals surface area contributed by atoms with Gasteiger partial charge < -0.3 is 5.32 Å². The van der Waals surface area contributed by atoms with Crippen LogP contribution < -0.4 is 10.0 Å². The molecular weight excluding hydrogens is 370 g/mol. The van der Waals surface area contributed by atoms with Gasteiger partial charge in [0.15, 0.2) is 0 Å². The summed E-state index contributed by atoms with van der Waals surface area (Å²) < 4.78 is 27.0. The minimum atomic E-state index is -3.48. The number of benzene rings is 1. The quantitative estimate of drug-likeness (QED) is 0.719. The summed E-state index contributed by atoms with van der Waals surface area (Å²) in [5.41, 5.74) is 1.29. The van der Waals surface area contributed by atoms with Crippen LogP contribution >= 0.6 is 11.3 Å². The summed E-state index contributed by atoms with van der Waals surface area (Å²) in [5, 5.41) is 3.79. The molecule has 1 aromatic heterocycles. The molecule has 26 heavy (non-hydrogen) atoms. The highest BCUT2D eigenvalue weighted by Crippen LogP contribution is 2.24. The fourth-order valence-corrected chi connectivity index (χ4v) is 4.80. The van der Waals surface area contributed by atoms with Gasteiger partial charge in [-0.3, -0.25) is 4.79 Å². The smallest absolute Gasteiger partial charge is 0.267 e. The molecule has 1 amide bonds. The van der Waals surface area contributed by atoms with Gasteiger partial charge in [0, 0.05) is 11.7 Å². The van der Waals surface area contributed by atoms with E-state index in [2.05, 4.69) is 21.9 Å². The number of anilines is 1. The van der Waals surface area contributed by atoms with Crippen LogP contribution in [0.15, 0.2) is 29.2 Å². The third-order valence-corrected chi connectivity index (χ3v) is 6.87. The number of carbonyl (C=O) groups is 1. The van der Waals surface area contributed by atoms with E-state index in [0.717, 1.165) is 42.8 Å². The van der Waals surface area contributed by atoms with Crippen LogP contribution in [-0.4, -0.2) is 25.4 Å². The largest absolute Gasteiger partial charge is 0.321 e. The zero-order valence-corrected chi connectivity index (χ0v) is 16.5. The zero-order valence-electron chi connectivity index (χ0n) is 14.9. The van der Waals surface area contributed by atoms with Gasteiger partial charge in [-0.2, -0.15) is 0 Å². The maximum absolute atomic E-state index is 12.5. The Kier molecular flexibility index (Phi) is 5.74. The molecule has 1 aromatic carbocycles. The van der Waals surface area contributed by atoms with Crippen molar-refractivity contribution in [3.8, 4) is 0 Å². The van der Waals surface area contributed by atoms with Crippen LogP contribution in [0.2, 0.25) is 0 Å². The van der Waals surface area contributed by atoms with Gasteiger partial charge in [0.1, 0.15) is 4.88 Å². The normalized spacial score (nSPS) is 14.4. The highest BCUT2D eigenvalue weighted by atomic mass is 32.2. The summed E-state index contributed by atoms with van der Waals surface area (Å²) in [6, 6.07) is 6.29. The molecule has 140 valence electrons. The molecule has 2 aromatic rings. The Bertz CT molecular complexity index is 885. The Labute approximate surface area is 158 Å². The first-order valence-corrected chi connectivity index (χ1v) is 11.1. The second-order valence-corrected chi connectivity index (χ2v) is 9.30. The third kappa shape index (κ3) is 4.69. The van der Waals surface area contributed by atoms with E-state index in [1.54, 1.807) is 12.1 Å². The lowest BCUT2D eigenvalue weighted by Gasteiger charge is -2.07. The Morgan fingerprint density at radius 2 is 1.96 bits per heavy atom. The molecule has 0 spiro atoms. The number of aryl methyl sites for hydroxylation is 2. The van der Waals surface area contributed by atoms with Crippen molar-refractivity contribution in [2.45, 2.75) is 56.9 Å². The maximum atomic E-state index is 12.5. The van der Waals surface area contributed by atoms with Crippen molar-refractivity contribution >= 4 is 33.0 Å². The first kappa shape index (κ1) is 19.0. The molecule has 1 fully saturated rings. The van der Waals surface area contributed by atoms with Crippen LogP contribution in [0.25, 0.3) is 0 Å². The minimum Gasteiger partial charge on any atom is -0.321 e. The summed E-state index contributed by atoms with van der Waals surface area (Å²) in [5.74, 6) is -0.213. The number of nitrogens with zero attached hydrogens (tertiary/aromatic N) is 1. The van der Waals surface area contributed by atoms with Crippen molar-refractivity contribution in [3.05, 3.63) is 39.8 Å². The maximum Gasteiger partial charge on any atom is 0.267 e. The van der Waals surface area contributed by atoms with Gasteiger partial charge in [0.2, 0.25) is 10.0 Å². The molecule has 2 N–H and O–H groups in total. The van der Waals surface area contributed by atoms with Gasteiger partial charge in [-0.25, -0.2) is 18.1 Å². The summed E-state index contributed by atoms with van der Waals surface area (Å²) in [6.45, 7) is 3.96. The second kappa shape index (κ2) is 7.85. The monoisotopic (exact) mass is 393 g/mol. The molecule has 0 saturated heterocycles. The Hall–Kier alpha value is -1.77. The first-order chi connectivity index (χ1) is 12.4. The molecular formula is C18H23N3O3S2. The van der Waals surface area contributed by atoms with E-state index in [1.807, 2.05) is 6.92 Å². The van der Waals surface area contributed by atoms with Crippen molar-refractivity contribution in [2.24, 2.45) is 0 Å². The first-order valence-electron chi connectivity index (χ1n) is 8.79. The van der Waals surface area contributed by atoms with E-state index >= 15 is 0 Å². The van der Waals surface area contributed by atoms with Gasteiger partial charge in [-0.05, 0) is 56.9 Å². The van der Waals surface area contributed by atoms with E-state index < -0.39 is 10.0 Å². The lowest BCUT2D eigenvalue weighted by Crippen LogP contribution is -2.25. The van der Waals surface area contributed by atoms with Crippen LogP contribution in [0.3, 0.4) is 0 Å². The van der Waals surface area contributed by atoms with E-state index in [1.165, 1.54) is 23.5 Å². The van der Waals surface area contributed by atoms with Gasteiger partial charge in [0.05, 0.1) is 15.6 Å². The number of carbonyl (C=O) groups excluding carboxylic acids is 1. The van der Waals surface area contributed by atoms with Crippen molar-refractivity contribution in [2.75, 3.05) is 5.32 Å². The Balaban J connectivity index is 1.67. The Morgan fingerprint density at radius 1 is 1.27 bits per heavy atom. The van der Waals surface area contributed by atoms with Crippen LogP contribution in [0.4, 0.5) is 5.69 Å². The fourth-order valence-electron chi connectivity index (χ4n) is 2.49. The molecule has 1 saturated carbocycles. The van der Waals surface area contributed by atoms with Crippen LogP contribution in [0.1, 0.15) is 53.0 Å². The van der Waals surface area contributed by atoms with Crippen LogP contribution in [-0.2, 0) is 16.4 Å². The van der Waals surface area contributed by atoms with E-state index in [-0.39, 0.29) is 16.8 Å². The standard InChI is InChI=1S/C18H23N3O3S2/c1-3-4-5-16-19-12(2)17(25-16)18(22)20-13-8-10-15(11-9-13)26(23,24)21-14-6-7-14/h8-11,14,21H,3-7H2,1-2H3,(H,20,22). The third-order valence-electron chi connectivity index (χ3n) is 4.11. The SMILES string of the molecule is CCCCc1nc(C)c(C(=O)Nc2ccc(S(=O)(=O)NC3CC3)cc2)s1. The summed E-state index contributed by atoms with van der Waals surface area (Å²) in [4.78, 5) is 17.8. The average Bonchev–Trinajstić information content (AvgIpc) is 3.32. The predicted octanol–water partition coefficient (Wildman–Crippen LogP) is 3.49. The molecule has 1 heterocycles. The summed E-state index contributed by atoms with van der Waals surface area (Å²) in [7, 11) is -3.48. The number of hydrogen-bond donors (Lipinski definition) is 2. The molecule has 0 radical (unpaired) electrons. The summed E-state index contributed by atoms with van der Waals surface area (Å²) >= 11 is 1.42. The molecule has 6 nitrogen and oxygen atoms in total. The van der Waals surface area contributed by atoms with E-state index in [0.29, 0.717) is 10.6 Å². The Morgan fingerprint density at radius 3 is 2.58 bits per heavy atom. The molecule has 0 unspecified atom stereocenters. The highest BCUT2D eigenvalue weighted by Gasteiger charge is 2.27. The van der Waals surface area contributed by atoms with Crippen molar-refractivity contribution in [1.29, 1.82) is 0 Å². The number of amides is 1. The number of rotatable bonds is 8. The van der Waals surface area contributed by atoms with Gasteiger partial charge >= 0.3 is 0 Å². The number of nitrogens with one attached hydrogen (secondary N) is 2. The number of sulfonamides is 1. The van der Waals surface area contributed by atoms with E-state index in [9.17, 15) is 13.2 Å². The molecule has 0 aliphatic heterocycles. The molecule has 1 aliphatic rings. The van der Waals surface area contributed by atoms with Crippen molar-refractivity contribution < 1.29 is 13.2 Å². The highest BCUT2D eigenvalue weighted by molar-refractivity contribution is 7.89. The molecule has 0 bridgehead atoms. The predicted molar refractivity (Wildman–Crippen MR) is 103 cm³/mol. The second-order valence-electron chi connectivity index (χ2n) is 6.50. The average molecular weight is 394 g/mol. The number of unbranched alkanes of at least 4 members (excludes halogenated alkanes) is 1. The molecule has 3 rings (SSSR count). The van der Waals surface area contributed by atoms with Crippen molar-refractivity contribution in [1.82, 2.24) is 9.71 Å². The number of aromatic nitrogens is 1.